The van der Waals surface area contributed by atoms with Gasteiger partial charge in [-0.25, -0.2) is 9.37 Å². The van der Waals surface area contributed by atoms with Crippen molar-refractivity contribution in [3.63, 3.8) is 0 Å². The Hall–Kier alpha value is -3.10. The second kappa shape index (κ2) is 7.86. The zero-order valence-corrected chi connectivity index (χ0v) is 18.1. The summed E-state index contributed by atoms with van der Waals surface area (Å²) in [5.41, 5.74) is 3.13. The highest BCUT2D eigenvalue weighted by molar-refractivity contribution is 6.30. The number of nitrogens with one attached hydrogen (secondary N) is 3. The number of hydrogen-bond donors (Lipinski definition) is 4. The van der Waals surface area contributed by atoms with Gasteiger partial charge < -0.3 is 19.8 Å². The molecule has 4 N–H and O–H groups in total. The molecule has 31 heavy (non-hydrogen) atoms. The topological polar surface area (TPSA) is 103 Å². The van der Waals surface area contributed by atoms with E-state index < -0.39 is 11.4 Å². The summed E-state index contributed by atoms with van der Waals surface area (Å²) < 4.78 is 20.8. The quantitative estimate of drug-likeness (QED) is 0.358. The van der Waals surface area contributed by atoms with Crippen LogP contribution in [0.2, 0.25) is 5.02 Å². The van der Waals surface area contributed by atoms with Crippen molar-refractivity contribution in [2.45, 2.75) is 32.9 Å². The van der Waals surface area contributed by atoms with Gasteiger partial charge in [0.1, 0.15) is 11.6 Å². The summed E-state index contributed by atoms with van der Waals surface area (Å²) in [6, 6.07) is 10.1. The molecule has 0 fully saturated rings. The number of nitrogens with zero attached hydrogens (tertiary/aromatic N) is 2. The van der Waals surface area contributed by atoms with E-state index in [0.717, 1.165) is 22.3 Å². The molecule has 0 spiro atoms. The summed E-state index contributed by atoms with van der Waals surface area (Å²) in [4.78, 5) is 7.91. The Kier molecular flexibility index (Phi) is 5.36. The minimum absolute atomic E-state index is 0.0140. The lowest BCUT2D eigenvalue weighted by atomic mass is 9.93. The third-order valence-electron chi connectivity index (χ3n) is 5.60. The first kappa shape index (κ1) is 21.1. The van der Waals surface area contributed by atoms with Crippen molar-refractivity contribution in [2.24, 2.45) is 0 Å². The minimum Gasteiger partial charge on any atom is -0.429 e. The number of H-pyrrole nitrogens is 1. The molecule has 162 valence electrons. The van der Waals surface area contributed by atoms with E-state index in [4.69, 9.17) is 21.4 Å². The number of aromatic amines is 1. The van der Waals surface area contributed by atoms with Crippen LogP contribution in [0.1, 0.15) is 29.5 Å². The van der Waals surface area contributed by atoms with Crippen LogP contribution in [-0.4, -0.2) is 26.2 Å². The van der Waals surface area contributed by atoms with Crippen molar-refractivity contribution < 1.29 is 13.9 Å². The molecule has 0 saturated carbocycles. The predicted molar refractivity (Wildman–Crippen MR) is 117 cm³/mol. The fraction of sp³-hybridized carbons (Fsp3) is 0.273. The minimum atomic E-state index is -0.938. The summed E-state index contributed by atoms with van der Waals surface area (Å²) >= 11 is 5.94. The molecule has 0 aliphatic heterocycles. The Morgan fingerprint density at radius 3 is 2.74 bits per heavy atom. The molecule has 0 saturated heterocycles. The second-order valence-corrected chi connectivity index (χ2v) is 8.18. The normalized spacial score (nSPS) is 13.5. The molecule has 0 bridgehead atoms. The summed E-state index contributed by atoms with van der Waals surface area (Å²) in [7, 11) is 0. The first-order valence-corrected chi connectivity index (χ1v) is 10.1. The molecule has 0 aliphatic rings. The number of hydrogen-bond acceptors (Lipinski definition) is 5. The van der Waals surface area contributed by atoms with Crippen LogP contribution in [0.3, 0.4) is 0 Å². The number of aryl methyl sites for hydroxylation is 1. The van der Waals surface area contributed by atoms with E-state index in [0.29, 0.717) is 23.8 Å². The van der Waals surface area contributed by atoms with Crippen LogP contribution >= 0.6 is 11.6 Å². The molecule has 2 aromatic heterocycles. The maximum absolute atomic E-state index is 13.6. The van der Waals surface area contributed by atoms with Crippen molar-refractivity contribution in [1.29, 1.82) is 5.41 Å². The number of aliphatic hydroxyl groups excluding tert-OH is 1. The van der Waals surface area contributed by atoms with Crippen molar-refractivity contribution in [1.82, 2.24) is 14.5 Å². The highest BCUT2D eigenvalue weighted by Gasteiger charge is 2.28. The van der Waals surface area contributed by atoms with E-state index in [1.165, 1.54) is 12.1 Å². The molecule has 2 heterocycles. The highest BCUT2D eigenvalue weighted by Crippen LogP contribution is 2.29. The molecule has 2 aromatic carbocycles. The fourth-order valence-corrected chi connectivity index (χ4v) is 3.74. The number of oxazole rings is 1. The molecule has 4 aromatic rings. The number of benzene rings is 2. The Bertz CT molecular complexity index is 1330. The number of rotatable bonds is 6. The molecule has 9 heteroatoms. The van der Waals surface area contributed by atoms with E-state index in [-0.39, 0.29) is 17.3 Å². The van der Waals surface area contributed by atoms with Crippen molar-refractivity contribution >= 4 is 28.6 Å². The number of para-hydroxylation sites is 1. The molecule has 4 rings (SSSR count). The maximum Gasteiger partial charge on any atom is 0.294 e. The summed E-state index contributed by atoms with van der Waals surface area (Å²) in [6.45, 7) is 5.71. The van der Waals surface area contributed by atoms with E-state index >= 15 is 0 Å². The van der Waals surface area contributed by atoms with Crippen LogP contribution in [0, 0.1) is 25.1 Å². The van der Waals surface area contributed by atoms with Crippen molar-refractivity contribution in [2.75, 3.05) is 11.9 Å². The summed E-state index contributed by atoms with van der Waals surface area (Å²) in [5, 5.41) is 21.3. The number of fused-ring (bicyclic) bond motifs is 1. The van der Waals surface area contributed by atoms with E-state index in [2.05, 4.69) is 15.3 Å². The van der Waals surface area contributed by atoms with Gasteiger partial charge in [0.15, 0.2) is 0 Å². The van der Waals surface area contributed by atoms with Gasteiger partial charge in [0.05, 0.1) is 40.4 Å². The molecule has 0 radical (unpaired) electrons. The van der Waals surface area contributed by atoms with Crippen LogP contribution in [0.15, 0.2) is 40.8 Å². The van der Waals surface area contributed by atoms with E-state index in [9.17, 15) is 9.50 Å². The molecular weight excluding hydrogens is 421 g/mol. The standard InChI is InChI=1S/C22H23ClFN5O2/c1-12-13(2)31-20(25)29(12)10-14-5-4-6-18-19(14)27-21(26-18)28-22(3,11-30)15-7-8-17(24)16(23)9-15/h4-9,25,30H,10-11H2,1-3H3,(H2,26,27,28). The smallest absolute Gasteiger partial charge is 0.294 e. The van der Waals surface area contributed by atoms with Gasteiger partial charge in [-0.15, -0.1) is 0 Å². The van der Waals surface area contributed by atoms with Crippen LogP contribution < -0.4 is 11.0 Å². The summed E-state index contributed by atoms with van der Waals surface area (Å²) in [6.07, 6.45) is 0. The zero-order chi connectivity index (χ0) is 22.3. The fourth-order valence-electron chi connectivity index (χ4n) is 3.56. The number of aromatic nitrogens is 3. The van der Waals surface area contributed by atoms with Gasteiger partial charge >= 0.3 is 0 Å². The molecule has 1 unspecified atom stereocenters. The van der Waals surface area contributed by atoms with Crippen LogP contribution in [0.4, 0.5) is 10.3 Å². The Balaban J connectivity index is 1.70. The van der Waals surface area contributed by atoms with Gasteiger partial charge in [-0.2, -0.15) is 0 Å². The average molecular weight is 444 g/mol. The van der Waals surface area contributed by atoms with Gasteiger partial charge in [0.25, 0.3) is 5.68 Å². The van der Waals surface area contributed by atoms with Crippen LogP contribution in [-0.2, 0) is 12.1 Å². The SMILES string of the molecule is Cc1oc(=N)n(Cc2cccc3[nH]c(NC(C)(CO)c4ccc(F)c(Cl)c4)nc23)c1C. The van der Waals surface area contributed by atoms with Crippen LogP contribution in [0.5, 0.6) is 0 Å². The number of aliphatic hydroxyl groups is 1. The summed E-state index contributed by atoms with van der Waals surface area (Å²) in [5.74, 6) is 0.643. The lowest BCUT2D eigenvalue weighted by molar-refractivity contribution is 0.223. The first-order chi connectivity index (χ1) is 14.7. The average Bonchev–Trinajstić information content (AvgIpc) is 3.25. The Morgan fingerprint density at radius 2 is 2.10 bits per heavy atom. The third-order valence-corrected chi connectivity index (χ3v) is 5.89. The monoisotopic (exact) mass is 443 g/mol. The second-order valence-electron chi connectivity index (χ2n) is 7.78. The van der Waals surface area contributed by atoms with Gasteiger partial charge in [-0.05, 0) is 50.1 Å². The number of halogens is 2. The number of imidazole rings is 1. The lowest BCUT2D eigenvalue weighted by Crippen LogP contribution is -2.36. The van der Waals surface area contributed by atoms with Crippen molar-refractivity contribution in [3.05, 3.63) is 75.5 Å². The molecular formula is C22H23ClFN5O2. The van der Waals surface area contributed by atoms with E-state index in [1.807, 2.05) is 32.0 Å². The Labute approximate surface area is 183 Å². The lowest BCUT2D eigenvalue weighted by Gasteiger charge is -2.29. The van der Waals surface area contributed by atoms with Crippen molar-refractivity contribution in [3.8, 4) is 0 Å². The Morgan fingerprint density at radius 1 is 1.32 bits per heavy atom. The maximum atomic E-state index is 13.6. The predicted octanol–water partition coefficient (Wildman–Crippen LogP) is 4.21. The third kappa shape index (κ3) is 3.84. The molecule has 7 nitrogen and oxygen atoms in total. The van der Waals surface area contributed by atoms with Gasteiger partial charge in [0, 0.05) is 0 Å². The van der Waals surface area contributed by atoms with Gasteiger partial charge in [-0.3, -0.25) is 9.98 Å². The van der Waals surface area contributed by atoms with Gasteiger partial charge in [0.2, 0.25) is 5.95 Å². The zero-order valence-electron chi connectivity index (χ0n) is 17.4. The molecule has 0 amide bonds. The van der Waals surface area contributed by atoms with Crippen LogP contribution in [0.25, 0.3) is 11.0 Å². The first-order valence-electron chi connectivity index (χ1n) is 9.75. The van der Waals surface area contributed by atoms with E-state index in [1.54, 1.807) is 17.6 Å². The van der Waals surface area contributed by atoms with Gasteiger partial charge in [-0.1, -0.05) is 29.8 Å². The molecule has 1 atom stereocenters. The largest absolute Gasteiger partial charge is 0.429 e. The number of anilines is 1. The highest BCUT2D eigenvalue weighted by atomic mass is 35.5. The molecule has 0 aliphatic carbocycles.